The van der Waals surface area contributed by atoms with Crippen LogP contribution < -0.4 is 27.7 Å². The van der Waals surface area contributed by atoms with E-state index in [1.54, 1.807) is 56.4 Å². The second kappa shape index (κ2) is 37.5. The molecule has 0 radical (unpaired) electrons. The van der Waals surface area contributed by atoms with Crippen LogP contribution in [0.4, 0.5) is 23.7 Å². The highest BCUT2D eigenvalue weighted by atomic mass is 32.2. The van der Waals surface area contributed by atoms with Crippen LogP contribution in [0.5, 0.6) is 0 Å². The van der Waals surface area contributed by atoms with Crippen LogP contribution in [0.25, 0.3) is 21.2 Å². The van der Waals surface area contributed by atoms with Crippen LogP contribution >= 0.6 is 22.7 Å². The van der Waals surface area contributed by atoms with Gasteiger partial charge < -0.3 is 32.6 Å². The molecule has 30 heteroatoms. The number of hydrogen-bond donors (Lipinski definition) is 5. The highest BCUT2D eigenvalue weighted by Crippen LogP contribution is 2.52. The second-order valence-corrected chi connectivity index (χ2v) is 37.9. The van der Waals surface area contributed by atoms with Gasteiger partial charge in [0.05, 0.1) is 46.5 Å². The number of fused-ring (bicyclic) bond motifs is 1. The Hall–Kier alpha value is -13.4. The third kappa shape index (κ3) is 18.9. The van der Waals surface area contributed by atoms with Crippen molar-refractivity contribution in [3.63, 3.8) is 0 Å². The number of pyridine rings is 1. The lowest BCUT2D eigenvalue weighted by Gasteiger charge is -2.46. The molecular weight excluding hydrogens is 1690 g/mol. The molecule has 11 aromatic rings. The van der Waals surface area contributed by atoms with E-state index in [1.807, 2.05) is 160 Å². The van der Waals surface area contributed by atoms with Crippen molar-refractivity contribution in [3.05, 3.63) is 319 Å². The lowest BCUT2D eigenvalue weighted by Crippen LogP contribution is -2.57. The van der Waals surface area contributed by atoms with Crippen molar-refractivity contribution in [2.75, 3.05) is 44.7 Å². The number of likely N-dealkylation sites (tertiary alicyclic amines) is 1. The Balaban J connectivity index is 0.000000132. The zero-order valence-corrected chi connectivity index (χ0v) is 75.0. The maximum absolute atomic E-state index is 14.8. The van der Waals surface area contributed by atoms with Gasteiger partial charge in [0.2, 0.25) is 27.7 Å². The third-order valence-corrected chi connectivity index (χ3v) is 29.2. The Morgan fingerprint density at radius 1 is 0.566 bits per heavy atom. The van der Waals surface area contributed by atoms with E-state index < -0.39 is 67.7 Å². The first-order valence-electron chi connectivity index (χ1n) is 42.9. The molecule has 3 aromatic heterocycles. The maximum Gasteiger partial charge on any atom is 0.410 e. The van der Waals surface area contributed by atoms with Crippen LogP contribution in [0.2, 0.25) is 0 Å². The van der Waals surface area contributed by atoms with Gasteiger partial charge >= 0.3 is 6.09 Å². The number of rotatable bonds is 20. The number of benzene rings is 8. The third-order valence-electron chi connectivity index (χ3n) is 25.3. The summed E-state index contributed by atoms with van der Waals surface area (Å²) in [6.45, 7) is 8.72. The van der Waals surface area contributed by atoms with Gasteiger partial charge in [-0.1, -0.05) is 183 Å². The number of guanidine groups is 4. The number of hydrogen-bond acceptors (Lipinski definition) is 20. The molecular formula is C99H101F3N16O8S3. The van der Waals surface area contributed by atoms with E-state index in [0.29, 0.717) is 61.0 Å². The molecule has 664 valence electrons. The molecule has 2 saturated carbocycles. The summed E-state index contributed by atoms with van der Waals surface area (Å²) in [7, 11) is 1.48. The number of halogens is 3. The summed E-state index contributed by atoms with van der Waals surface area (Å²) in [5.74, 6) is -2.48. The van der Waals surface area contributed by atoms with E-state index in [9.17, 15) is 50.8 Å². The topological polar surface area (TPSA) is 347 Å². The van der Waals surface area contributed by atoms with Crippen molar-refractivity contribution in [2.45, 2.75) is 138 Å². The largest absolute Gasteiger partial charge is 0.445 e. The molecule has 0 bridgehead atoms. The first-order chi connectivity index (χ1) is 61.8. The summed E-state index contributed by atoms with van der Waals surface area (Å²) in [5, 5.41) is 12.4. The fraction of sp³-hybridized carbons (Fsp3) is 0.303. The number of likely N-dealkylation sites (N-methyl/N-ethyl adjacent to an activating group) is 2. The lowest BCUT2D eigenvalue weighted by molar-refractivity contribution is -0.137. The monoisotopic (exact) mass is 1790 g/mol. The number of nitrogens with zero attached hydrogens (tertiary/aromatic N) is 11. The molecule has 0 spiro atoms. The van der Waals surface area contributed by atoms with E-state index in [0.717, 1.165) is 77.3 Å². The summed E-state index contributed by atoms with van der Waals surface area (Å²) >= 11 is 3.01. The number of nitrogens with one attached hydrogen (secondary N) is 1. The van der Waals surface area contributed by atoms with Crippen molar-refractivity contribution in [2.24, 2.45) is 54.7 Å². The minimum atomic E-state index is -3.38. The second-order valence-electron chi connectivity index (χ2n) is 34.1. The number of piperidine rings is 1. The molecule has 24 nitrogen and oxygen atoms in total. The SMILES string of the molecule is CCCCS(=O)(=O)Nc1ccc(CN2C(=O)C(c3ccccc3)(c3ccccc3)N=C2N)cc1.CN1C(=O)C(C2CCN(C(=O)OCc3ccccc3)CC2)[C@@](C)(c2ccc(F)cc2F)N=C1N.CN1C(=O)[C@@H](c2ccc(C3CC3)cc2)[C@@](C)(c2cc3cccc(C#N)c3s2)N=C1N.CN1C(=O)[C@H](c2ccc(C3CC3)cc2)[C@@](C)(c2cc(-c3cncc(F)c3)cs2)N=C1N. The first kappa shape index (κ1) is 90.4. The molecule has 2 aliphatic carbocycles. The standard InChI is InChI=1S/C26H28N4O3S.C25H28F2N4O3.C24H23FN4OS.C24H22N4OS/c1-2-3-18-34(32,33)29-23-16-14-20(15-17-23)19-30-24(31)26(28-25(30)27,21-10-6-4-7-11-21)22-12-8-5-9-13-22;1-25(19-9-8-18(26)14-20(19)27)21(22(32)30(2)23(28)29-25)17-10-12-31(13-11-17)24(33)34-15-16-6-4-3-5-7-16;1-24(20-10-18(13-31-20)17-9-19(25)12-27-11-17)21(22(30)29(2)23(26)28-24)16-7-5-15(6-8-16)14-3-4-14;1-24(19-12-17-4-3-5-18(13-25)21(17)30-19)20(22(29)28(2)23(26)27-24)16-10-8-15(9-11-16)14-6-7-14/h4-17,29H,2-3,18-19H2,1H3,(H2,27,28);3-9,14,17,21H,10-13,15H2,1-2H3,(H2,28,29);5-14,21H,3-4H2,1-2H3,(H2,26,28);3-5,8-12,14,20H,6-7H2,1-2H3,(H2,26,27)/t;21?,25-;21-,24+;20-,24-/m.101/s1. The zero-order chi connectivity index (χ0) is 91.4. The summed E-state index contributed by atoms with van der Waals surface area (Å²) in [4.78, 5) is 98.3. The number of nitrogens with two attached hydrogens (primary N) is 4. The number of carbonyl (C=O) groups excluding carboxylic acids is 5. The van der Waals surface area contributed by atoms with Crippen molar-refractivity contribution in [3.8, 4) is 17.2 Å². The van der Waals surface area contributed by atoms with Crippen molar-refractivity contribution < 1.29 is 50.3 Å². The van der Waals surface area contributed by atoms with E-state index >= 15 is 0 Å². The molecule has 7 aliphatic rings. The number of aliphatic imine (C=N–C) groups is 4. The number of aromatic nitrogens is 1. The predicted molar refractivity (Wildman–Crippen MR) is 497 cm³/mol. The number of unbranched alkanes of at least 4 members (excludes halogenated alkanes) is 1. The Bertz CT molecular complexity index is 6280. The van der Waals surface area contributed by atoms with Crippen molar-refractivity contribution in [1.29, 1.82) is 5.26 Å². The molecule has 129 heavy (non-hydrogen) atoms. The van der Waals surface area contributed by atoms with Gasteiger partial charge in [0.15, 0.2) is 29.4 Å². The van der Waals surface area contributed by atoms with Gasteiger partial charge in [0.1, 0.15) is 46.7 Å². The maximum atomic E-state index is 14.8. The van der Waals surface area contributed by atoms with Crippen LogP contribution in [-0.2, 0) is 69.2 Å². The number of amides is 5. The average molecular weight is 1800 g/mol. The van der Waals surface area contributed by atoms with Gasteiger partial charge in [0, 0.05) is 73.1 Å². The minimum absolute atomic E-state index is 0.0191. The fourth-order valence-electron chi connectivity index (χ4n) is 17.7. The number of ether oxygens (including phenoxy) is 1. The van der Waals surface area contributed by atoms with E-state index in [-0.39, 0.29) is 83.7 Å². The molecule has 5 amide bonds. The number of anilines is 1. The molecule has 8 heterocycles. The Labute approximate surface area is 756 Å². The van der Waals surface area contributed by atoms with Crippen LogP contribution in [0, 0.1) is 40.6 Å². The molecule has 8 aromatic carbocycles. The number of sulfonamides is 1. The van der Waals surface area contributed by atoms with Crippen LogP contribution in [0.1, 0.15) is 168 Å². The van der Waals surface area contributed by atoms with Crippen LogP contribution in [-0.4, -0.2) is 131 Å². The van der Waals surface area contributed by atoms with Crippen LogP contribution in [0.15, 0.2) is 256 Å². The van der Waals surface area contributed by atoms with Gasteiger partial charge in [-0.3, -0.25) is 48.5 Å². The van der Waals surface area contributed by atoms with Crippen LogP contribution in [0.3, 0.4) is 0 Å². The smallest absolute Gasteiger partial charge is 0.410 e. The molecule has 5 aliphatic heterocycles. The van der Waals surface area contributed by atoms with Crippen molar-refractivity contribution >= 4 is 102 Å². The highest BCUT2D eigenvalue weighted by molar-refractivity contribution is 7.92. The quantitative estimate of drug-likeness (QED) is 0.0474. The zero-order valence-electron chi connectivity index (χ0n) is 72.5. The molecule has 1 saturated heterocycles. The van der Waals surface area contributed by atoms with Crippen molar-refractivity contribution in [1.82, 2.24) is 29.5 Å². The number of thiophene rings is 2. The molecule has 6 atom stereocenters. The molecule has 9 N–H and O–H groups in total. The summed E-state index contributed by atoms with van der Waals surface area (Å²) in [5.41, 5.74) is 30.8. The van der Waals surface area contributed by atoms with E-state index in [4.69, 9.17) is 42.6 Å². The fourth-order valence-corrected chi connectivity index (χ4v) is 21.2. The Morgan fingerprint density at radius 2 is 1.10 bits per heavy atom. The average Bonchev–Trinajstić information content (AvgIpc) is 1.69. The highest BCUT2D eigenvalue weighted by Gasteiger charge is 2.55. The first-order valence-corrected chi connectivity index (χ1v) is 46.2. The van der Waals surface area contributed by atoms with E-state index in [2.05, 4.69) is 57.2 Å². The van der Waals surface area contributed by atoms with Gasteiger partial charge in [-0.2, -0.15) is 5.26 Å². The van der Waals surface area contributed by atoms with Gasteiger partial charge in [0.25, 0.3) is 5.91 Å². The minimum Gasteiger partial charge on any atom is -0.445 e. The molecule has 1 unspecified atom stereocenters. The van der Waals surface area contributed by atoms with Gasteiger partial charge in [-0.15, -0.1) is 22.7 Å². The summed E-state index contributed by atoms with van der Waals surface area (Å²) in [6, 6.07) is 68.6. The summed E-state index contributed by atoms with van der Waals surface area (Å²) in [6.07, 6.45) is 9.78. The number of nitriles is 1. The normalized spacial score (nSPS) is 21.5. The van der Waals surface area contributed by atoms with Gasteiger partial charge in [-0.25, -0.2) is 46.4 Å². The molecule has 3 fully saturated rings. The Kier molecular flexibility index (Phi) is 26.3. The molecule has 18 rings (SSSR count). The predicted octanol–water partition coefficient (Wildman–Crippen LogP) is 16.5. The lowest BCUT2D eigenvalue weighted by atomic mass is 9.68. The van der Waals surface area contributed by atoms with E-state index in [1.165, 1.54) is 104 Å². The van der Waals surface area contributed by atoms with Gasteiger partial charge in [-0.05, 0) is 187 Å². The number of carbonyl (C=O) groups is 5. The Morgan fingerprint density at radius 3 is 1.64 bits per heavy atom. The summed E-state index contributed by atoms with van der Waals surface area (Å²) < 4.78 is 75.3.